The molecule has 0 saturated heterocycles. The zero-order valence-corrected chi connectivity index (χ0v) is 14.2. The minimum absolute atomic E-state index is 0.0615. The number of fused-ring (bicyclic) bond motifs is 1. The molecular formula is C18H16BrN3O. The zero-order valence-electron chi connectivity index (χ0n) is 12.6. The molecule has 1 aromatic carbocycles. The highest BCUT2D eigenvalue weighted by atomic mass is 79.9. The molecule has 116 valence electrons. The summed E-state index contributed by atoms with van der Waals surface area (Å²) in [6, 6.07) is 11.7. The molecule has 1 aromatic heterocycles. The van der Waals surface area contributed by atoms with Crippen LogP contribution in [0.4, 0.5) is 0 Å². The first-order valence-electron chi connectivity index (χ1n) is 7.63. The number of carbonyl (C=O) groups excluding carboxylic acids is 1. The Morgan fingerprint density at radius 1 is 1.30 bits per heavy atom. The van der Waals surface area contributed by atoms with Gasteiger partial charge in [0, 0.05) is 27.5 Å². The highest BCUT2D eigenvalue weighted by Gasteiger charge is 2.18. The molecule has 0 bridgehead atoms. The molecule has 2 aromatic rings. The predicted molar refractivity (Wildman–Crippen MR) is 92.7 cm³/mol. The number of carbonyl (C=O) groups is 1. The average molecular weight is 370 g/mol. The molecule has 1 aliphatic rings. The van der Waals surface area contributed by atoms with Crippen LogP contribution in [0.25, 0.3) is 10.9 Å². The second kappa shape index (κ2) is 6.93. The SMILES string of the molecule is N#Cc1nc2ccccc2cc1CNC(=O)C1=C(Br)CCCC1. The van der Waals surface area contributed by atoms with E-state index in [4.69, 9.17) is 0 Å². The highest BCUT2D eigenvalue weighted by Crippen LogP contribution is 2.29. The van der Waals surface area contributed by atoms with Crippen LogP contribution in [0, 0.1) is 11.3 Å². The van der Waals surface area contributed by atoms with Crippen LogP contribution >= 0.6 is 15.9 Å². The van der Waals surface area contributed by atoms with E-state index in [1.165, 1.54) is 0 Å². The largest absolute Gasteiger partial charge is 0.348 e. The minimum Gasteiger partial charge on any atom is -0.348 e. The van der Waals surface area contributed by atoms with E-state index in [1.807, 2.05) is 30.3 Å². The van der Waals surface area contributed by atoms with E-state index in [-0.39, 0.29) is 5.91 Å². The van der Waals surface area contributed by atoms with E-state index >= 15 is 0 Å². The van der Waals surface area contributed by atoms with Crippen LogP contribution in [0.15, 0.2) is 40.4 Å². The highest BCUT2D eigenvalue weighted by molar-refractivity contribution is 9.11. The molecule has 4 nitrogen and oxygen atoms in total. The van der Waals surface area contributed by atoms with Gasteiger partial charge >= 0.3 is 0 Å². The number of aromatic nitrogens is 1. The van der Waals surface area contributed by atoms with Crippen molar-refractivity contribution in [2.75, 3.05) is 0 Å². The minimum atomic E-state index is -0.0615. The molecule has 1 amide bonds. The maximum atomic E-state index is 12.3. The van der Waals surface area contributed by atoms with Gasteiger partial charge in [-0.3, -0.25) is 4.79 Å². The molecule has 0 unspecified atom stereocenters. The van der Waals surface area contributed by atoms with E-state index in [0.29, 0.717) is 12.2 Å². The van der Waals surface area contributed by atoms with Crippen molar-refractivity contribution < 1.29 is 4.79 Å². The van der Waals surface area contributed by atoms with Gasteiger partial charge in [0.25, 0.3) is 0 Å². The Kier molecular flexibility index (Phi) is 4.73. The van der Waals surface area contributed by atoms with Gasteiger partial charge in [-0.2, -0.15) is 5.26 Å². The first-order valence-corrected chi connectivity index (χ1v) is 8.43. The van der Waals surface area contributed by atoms with Gasteiger partial charge in [0.1, 0.15) is 11.8 Å². The third-order valence-electron chi connectivity index (χ3n) is 4.02. The van der Waals surface area contributed by atoms with Crippen molar-refractivity contribution in [2.45, 2.75) is 32.2 Å². The average Bonchev–Trinajstić information content (AvgIpc) is 2.59. The van der Waals surface area contributed by atoms with Crippen molar-refractivity contribution in [1.82, 2.24) is 10.3 Å². The number of amides is 1. The summed E-state index contributed by atoms with van der Waals surface area (Å²) in [6.45, 7) is 0.309. The molecule has 3 rings (SSSR count). The van der Waals surface area contributed by atoms with Crippen LogP contribution in [0.5, 0.6) is 0 Å². The fourth-order valence-electron chi connectivity index (χ4n) is 2.78. The molecule has 0 aliphatic heterocycles. The van der Waals surface area contributed by atoms with Crippen molar-refractivity contribution >= 4 is 32.7 Å². The second-order valence-corrected chi connectivity index (χ2v) is 6.53. The Morgan fingerprint density at radius 3 is 2.87 bits per heavy atom. The summed E-state index contributed by atoms with van der Waals surface area (Å²) >= 11 is 3.50. The van der Waals surface area contributed by atoms with E-state index < -0.39 is 0 Å². The van der Waals surface area contributed by atoms with Crippen molar-refractivity contribution in [1.29, 1.82) is 5.26 Å². The summed E-state index contributed by atoms with van der Waals surface area (Å²) < 4.78 is 0.999. The molecule has 0 atom stereocenters. The first kappa shape index (κ1) is 15.7. The number of para-hydroxylation sites is 1. The fraction of sp³-hybridized carbons (Fsp3) is 0.278. The van der Waals surface area contributed by atoms with Gasteiger partial charge in [0.05, 0.1) is 5.52 Å². The van der Waals surface area contributed by atoms with Crippen molar-refractivity contribution in [3.63, 3.8) is 0 Å². The Labute approximate surface area is 143 Å². The number of hydrogen-bond donors (Lipinski definition) is 1. The molecule has 1 aliphatic carbocycles. The maximum absolute atomic E-state index is 12.3. The monoisotopic (exact) mass is 369 g/mol. The quantitative estimate of drug-likeness (QED) is 0.890. The summed E-state index contributed by atoms with van der Waals surface area (Å²) in [4.78, 5) is 16.7. The van der Waals surface area contributed by atoms with E-state index in [0.717, 1.165) is 52.2 Å². The van der Waals surface area contributed by atoms with Gasteiger partial charge in [-0.25, -0.2) is 4.98 Å². The maximum Gasteiger partial charge on any atom is 0.248 e. The summed E-state index contributed by atoms with van der Waals surface area (Å²) in [5.74, 6) is -0.0615. The van der Waals surface area contributed by atoms with Crippen LogP contribution in [-0.2, 0) is 11.3 Å². The summed E-state index contributed by atoms with van der Waals surface area (Å²) in [5.41, 5.74) is 2.72. The second-order valence-electron chi connectivity index (χ2n) is 5.57. The molecule has 5 heteroatoms. The normalized spacial score (nSPS) is 14.6. The number of allylic oxidation sites excluding steroid dienone is 1. The predicted octanol–water partition coefficient (Wildman–Crippen LogP) is 3.95. The number of halogens is 1. The number of rotatable bonds is 3. The fourth-order valence-corrected chi connectivity index (χ4v) is 3.44. The smallest absolute Gasteiger partial charge is 0.248 e. The van der Waals surface area contributed by atoms with Crippen LogP contribution in [-0.4, -0.2) is 10.9 Å². The van der Waals surface area contributed by atoms with Crippen molar-refractivity contribution in [3.8, 4) is 6.07 Å². The van der Waals surface area contributed by atoms with E-state index in [2.05, 4.69) is 32.3 Å². The third-order valence-corrected chi connectivity index (χ3v) is 4.90. The van der Waals surface area contributed by atoms with Crippen LogP contribution in [0.1, 0.15) is 36.9 Å². The number of benzene rings is 1. The number of pyridine rings is 1. The third kappa shape index (κ3) is 3.43. The standard InChI is InChI=1S/C18H16BrN3O/c19-15-7-3-2-6-14(15)18(23)21-11-13-9-12-5-1-4-8-16(12)22-17(13)10-20/h1,4-5,8-9H,2-3,6-7,11H2,(H,21,23). The van der Waals surface area contributed by atoms with E-state index in [1.54, 1.807) is 0 Å². The van der Waals surface area contributed by atoms with Gasteiger partial charge < -0.3 is 5.32 Å². The Morgan fingerprint density at radius 2 is 2.09 bits per heavy atom. The molecule has 23 heavy (non-hydrogen) atoms. The number of nitrogens with zero attached hydrogens (tertiary/aromatic N) is 2. The number of hydrogen-bond acceptors (Lipinski definition) is 3. The van der Waals surface area contributed by atoms with Gasteiger partial charge in [-0.15, -0.1) is 0 Å². The number of nitrogens with one attached hydrogen (secondary N) is 1. The van der Waals surface area contributed by atoms with Crippen LogP contribution in [0.3, 0.4) is 0 Å². The van der Waals surface area contributed by atoms with Crippen molar-refractivity contribution in [3.05, 3.63) is 51.6 Å². The van der Waals surface area contributed by atoms with Gasteiger partial charge in [-0.1, -0.05) is 34.1 Å². The molecule has 0 fully saturated rings. The van der Waals surface area contributed by atoms with Gasteiger partial charge in [0.2, 0.25) is 5.91 Å². The molecule has 0 radical (unpaired) electrons. The van der Waals surface area contributed by atoms with E-state index in [9.17, 15) is 10.1 Å². The molecule has 1 N–H and O–H groups in total. The molecule has 0 saturated carbocycles. The zero-order chi connectivity index (χ0) is 16.2. The molecular weight excluding hydrogens is 354 g/mol. The Hall–Kier alpha value is -2.19. The summed E-state index contributed by atoms with van der Waals surface area (Å²) in [7, 11) is 0. The van der Waals surface area contributed by atoms with Crippen LogP contribution in [0.2, 0.25) is 0 Å². The summed E-state index contributed by atoms with van der Waals surface area (Å²) in [6.07, 6.45) is 3.88. The number of nitriles is 1. The lowest BCUT2D eigenvalue weighted by Gasteiger charge is -2.16. The van der Waals surface area contributed by atoms with Gasteiger partial charge in [-0.05, 0) is 37.8 Å². The Balaban J connectivity index is 1.81. The molecule has 1 heterocycles. The van der Waals surface area contributed by atoms with Crippen molar-refractivity contribution in [2.24, 2.45) is 0 Å². The lowest BCUT2D eigenvalue weighted by Crippen LogP contribution is -2.26. The lowest BCUT2D eigenvalue weighted by molar-refractivity contribution is -0.117. The Bertz CT molecular complexity index is 836. The molecule has 0 spiro atoms. The summed E-state index contributed by atoms with van der Waals surface area (Å²) in [5, 5.41) is 13.2. The lowest BCUT2D eigenvalue weighted by atomic mass is 9.99. The first-order chi connectivity index (χ1) is 11.2. The topological polar surface area (TPSA) is 65.8 Å². The van der Waals surface area contributed by atoms with Crippen LogP contribution < -0.4 is 5.32 Å². The van der Waals surface area contributed by atoms with Gasteiger partial charge in [0.15, 0.2) is 0 Å².